The van der Waals surface area contributed by atoms with Crippen LogP contribution < -0.4 is 5.32 Å². The van der Waals surface area contributed by atoms with E-state index in [1.54, 1.807) is 6.92 Å². The predicted molar refractivity (Wildman–Crippen MR) is 62.8 cm³/mol. The van der Waals surface area contributed by atoms with E-state index < -0.39 is 11.7 Å². The molecule has 3 heteroatoms. The van der Waals surface area contributed by atoms with Crippen LogP contribution in [0, 0.1) is 6.42 Å². The minimum Gasteiger partial charge on any atom is -0.350 e. The van der Waals surface area contributed by atoms with E-state index in [2.05, 4.69) is 5.32 Å². The van der Waals surface area contributed by atoms with Gasteiger partial charge in [-0.1, -0.05) is 30.3 Å². The smallest absolute Gasteiger partial charge is 0.287 e. The van der Waals surface area contributed by atoms with E-state index in [1.807, 2.05) is 30.3 Å². The fourth-order valence-corrected chi connectivity index (χ4v) is 1.35. The summed E-state index contributed by atoms with van der Waals surface area (Å²) in [6.07, 6.45) is 2.82. The van der Waals surface area contributed by atoms with Crippen LogP contribution >= 0.6 is 0 Å². The van der Waals surface area contributed by atoms with Crippen LogP contribution in [0.2, 0.25) is 0 Å². The molecule has 1 aromatic carbocycles. The van der Waals surface area contributed by atoms with Gasteiger partial charge >= 0.3 is 0 Å². The third kappa shape index (κ3) is 4.26. The normalized spacial score (nSPS) is 9.81. The Morgan fingerprint density at radius 1 is 1.25 bits per heavy atom. The Hall–Kier alpha value is -1.64. The zero-order valence-electron chi connectivity index (χ0n) is 9.40. The number of rotatable bonds is 6. The maximum atomic E-state index is 11.3. The van der Waals surface area contributed by atoms with Gasteiger partial charge in [0.05, 0.1) is 0 Å². The summed E-state index contributed by atoms with van der Waals surface area (Å²) < 4.78 is 0. The fraction of sp³-hybridized carbons (Fsp3) is 0.308. The van der Waals surface area contributed by atoms with E-state index in [9.17, 15) is 9.59 Å². The summed E-state index contributed by atoms with van der Waals surface area (Å²) in [4.78, 5) is 22.3. The maximum absolute atomic E-state index is 11.3. The monoisotopic (exact) mass is 218 g/mol. The van der Waals surface area contributed by atoms with Gasteiger partial charge in [-0.3, -0.25) is 9.59 Å². The number of carbonyl (C=O) groups is 2. The lowest BCUT2D eigenvalue weighted by molar-refractivity contribution is -0.136. The van der Waals surface area contributed by atoms with Crippen LogP contribution in [0.25, 0.3) is 0 Å². The predicted octanol–water partition coefficient (Wildman–Crippen LogP) is 1.53. The van der Waals surface area contributed by atoms with Gasteiger partial charge in [-0.05, 0) is 25.3 Å². The summed E-state index contributed by atoms with van der Waals surface area (Å²) in [5.41, 5.74) is 1.17. The quantitative estimate of drug-likeness (QED) is 0.736. The molecular weight excluding hydrogens is 202 g/mol. The highest BCUT2D eigenvalue weighted by atomic mass is 16.2. The molecule has 0 saturated carbocycles. The summed E-state index contributed by atoms with van der Waals surface area (Å²) in [6.45, 7) is 2.27. The number of Topliss-reactive ketones (excluding diaryl/α,β-unsaturated/α-hetero) is 1. The molecule has 0 aromatic heterocycles. The molecule has 1 rings (SSSR count). The lowest BCUT2D eigenvalue weighted by atomic mass is 10.1. The van der Waals surface area contributed by atoms with Crippen molar-refractivity contribution in [1.82, 2.24) is 5.32 Å². The number of ketones is 1. The third-order valence-electron chi connectivity index (χ3n) is 2.17. The van der Waals surface area contributed by atoms with E-state index >= 15 is 0 Å². The van der Waals surface area contributed by atoms with Crippen molar-refractivity contribution in [2.45, 2.75) is 19.8 Å². The maximum Gasteiger partial charge on any atom is 0.287 e. The molecule has 1 amide bonds. The van der Waals surface area contributed by atoms with E-state index in [0.29, 0.717) is 13.0 Å². The van der Waals surface area contributed by atoms with Gasteiger partial charge in [0, 0.05) is 13.0 Å². The molecule has 0 saturated heterocycles. The molecule has 1 N–H and O–H groups in total. The number of benzene rings is 1. The van der Waals surface area contributed by atoms with Crippen LogP contribution in [0.1, 0.15) is 18.9 Å². The molecule has 0 heterocycles. The van der Waals surface area contributed by atoms with Crippen molar-refractivity contribution in [2.75, 3.05) is 6.54 Å². The van der Waals surface area contributed by atoms with Gasteiger partial charge < -0.3 is 5.32 Å². The number of hydrogen-bond acceptors (Lipinski definition) is 2. The van der Waals surface area contributed by atoms with Gasteiger partial charge in [-0.2, -0.15) is 0 Å². The zero-order chi connectivity index (χ0) is 11.8. The summed E-state index contributed by atoms with van der Waals surface area (Å²) in [7, 11) is 0. The number of carbonyl (C=O) groups excluding carboxylic acids is 2. The Morgan fingerprint density at radius 3 is 2.56 bits per heavy atom. The van der Waals surface area contributed by atoms with Crippen LogP contribution in [0.3, 0.4) is 0 Å². The molecule has 85 valence electrons. The number of amides is 1. The topological polar surface area (TPSA) is 46.2 Å². The van der Waals surface area contributed by atoms with Gasteiger partial charge in [-0.15, -0.1) is 0 Å². The second-order valence-electron chi connectivity index (χ2n) is 3.45. The number of hydrogen-bond donors (Lipinski definition) is 1. The van der Waals surface area contributed by atoms with Crippen molar-refractivity contribution >= 4 is 11.7 Å². The Bertz CT molecular complexity index is 346. The van der Waals surface area contributed by atoms with Crippen molar-refractivity contribution in [2.24, 2.45) is 0 Å². The molecule has 0 unspecified atom stereocenters. The van der Waals surface area contributed by atoms with Gasteiger partial charge in [-0.25, -0.2) is 0 Å². The first kappa shape index (κ1) is 12.4. The summed E-state index contributed by atoms with van der Waals surface area (Å²) in [5.74, 6) is -0.964. The highest BCUT2D eigenvalue weighted by Crippen LogP contribution is 2.04. The molecule has 0 aliphatic rings. The molecule has 0 bridgehead atoms. The Morgan fingerprint density at radius 2 is 1.94 bits per heavy atom. The van der Waals surface area contributed by atoms with Gasteiger partial charge in [0.15, 0.2) is 0 Å². The summed E-state index contributed by atoms with van der Waals surface area (Å²) in [6, 6.07) is 9.88. The Labute approximate surface area is 95.9 Å². The second-order valence-corrected chi connectivity index (χ2v) is 3.45. The van der Waals surface area contributed by atoms with Crippen LogP contribution in [0.5, 0.6) is 0 Å². The van der Waals surface area contributed by atoms with Crippen LogP contribution in [0.15, 0.2) is 30.3 Å². The van der Waals surface area contributed by atoms with Crippen molar-refractivity contribution in [3.63, 3.8) is 0 Å². The molecule has 0 fully saturated rings. The number of aryl methyl sites for hydroxylation is 1. The van der Waals surface area contributed by atoms with Crippen molar-refractivity contribution < 1.29 is 9.59 Å². The first-order valence-electron chi connectivity index (χ1n) is 5.43. The Kier molecular flexibility index (Phi) is 5.26. The van der Waals surface area contributed by atoms with E-state index in [4.69, 9.17) is 0 Å². The van der Waals surface area contributed by atoms with Gasteiger partial charge in [0.25, 0.3) is 5.91 Å². The molecule has 16 heavy (non-hydrogen) atoms. The first-order chi connectivity index (χ1) is 7.74. The van der Waals surface area contributed by atoms with Gasteiger partial charge in [0.2, 0.25) is 5.78 Å². The average Bonchev–Trinajstić information content (AvgIpc) is 2.30. The largest absolute Gasteiger partial charge is 0.350 e. The van der Waals surface area contributed by atoms with Gasteiger partial charge in [0.1, 0.15) is 0 Å². The average molecular weight is 218 g/mol. The molecule has 0 atom stereocenters. The number of nitrogens with one attached hydrogen (secondary N) is 1. The van der Waals surface area contributed by atoms with Crippen LogP contribution in [-0.4, -0.2) is 18.2 Å². The molecule has 0 aliphatic carbocycles. The van der Waals surface area contributed by atoms with Crippen molar-refractivity contribution in [1.29, 1.82) is 0 Å². The minimum atomic E-state index is -0.518. The zero-order valence-corrected chi connectivity index (χ0v) is 9.40. The molecule has 0 aliphatic heterocycles. The molecule has 0 spiro atoms. The minimum absolute atomic E-state index is 0.446. The molecule has 3 nitrogen and oxygen atoms in total. The lowest BCUT2D eigenvalue weighted by Crippen LogP contribution is -2.30. The van der Waals surface area contributed by atoms with Crippen LogP contribution in [-0.2, 0) is 16.0 Å². The SMILES string of the molecule is CCNC(=O)C(=O)[CH]CCc1ccccc1. The summed E-state index contributed by atoms with van der Waals surface area (Å²) in [5, 5.41) is 2.47. The van der Waals surface area contributed by atoms with Crippen LogP contribution in [0.4, 0.5) is 0 Å². The second kappa shape index (κ2) is 6.77. The van der Waals surface area contributed by atoms with E-state index in [1.165, 1.54) is 12.0 Å². The number of likely N-dealkylation sites (N-methyl/N-ethyl adjacent to an activating group) is 1. The highest BCUT2D eigenvalue weighted by Gasteiger charge is 2.11. The fourth-order valence-electron chi connectivity index (χ4n) is 1.35. The first-order valence-corrected chi connectivity index (χ1v) is 5.43. The highest BCUT2D eigenvalue weighted by molar-refractivity contribution is 6.39. The standard InChI is InChI=1S/C13H16NO2/c1-2-14-13(16)12(15)10-6-9-11-7-4-3-5-8-11/h3-5,7-8,10H,2,6,9H2,1H3,(H,14,16). The van der Waals surface area contributed by atoms with E-state index in [0.717, 1.165) is 6.42 Å². The molecule has 1 radical (unpaired) electrons. The lowest BCUT2D eigenvalue weighted by Gasteiger charge is -2.01. The van der Waals surface area contributed by atoms with Crippen molar-refractivity contribution in [3.8, 4) is 0 Å². The summed E-state index contributed by atoms with van der Waals surface area (Å²) >= 11 is 0. The van der Waals surface area contributed by atoms with E-state index in [-0.39, 0.29) is 0 Å². The van der Waals surface area contributed by atoms with Crippen molar-refractivity contribution in [3.05, 3.63) is 42.3 Å². The Balaban J connectivity index is 2.26. The molecule has 1 aromatic rings. The third-order valence-corrected chi connectivity index (χ3v) is 2.17. The molecular formula is C13H16NO2.